The monoisotopic (exact) mass is 367 g/mol. The number of thioether (sulfide) groups is 1. The molecule has 2 heterocycles. The van der Waals surface area contributed by atoms with Gasteiger partial charge in [0, 0.05) is 23.2 Å². The Morgan fingerprint density at radius 3 is 2.81 bits per heavy atom. The third kappa shape index (κ3) is 3.85. The van der Waals surface area contributed by atoms with Gasteiger partial charge >= 0.3 is 0 Å². The van der Waals surface area contributed by atoms with Crippen molar-refractivity contribution in [2.24, 2.45) is 0 Å². The van der Waals surface area contributed by atoms with E-state index in [-0.39, 0.29) is 5.91 Å². The van der Waals surface area contributed by atoms with Gasteiger partial charge in [-0.05, 0) is 24.1 Å². The van der Waals surface area contributed by atoms with Gasteiger partial charge in [0.2, 0.25) is 11.8 Å². The van der Waals surface area contributed by atoms with Crippen LogP contribution in [0, 0.1) is 0 Å². The van der Waals surface area contributed by atoms with E-state index in [4.69, 9.17) is 4.42 Å². The average Bonchev–Trinajstić information content (AvgIpc) is 3.09. The molecule has 0 saturated carbocycles. The van der Waals surface area contributed by atoms with E-state index in [9.17, 15) is 4.79 Å². The highest BCUT2D eigenvalue weighted by Crippen LogP contribution is 2.23. The first-order valence-electron chi connectivity index (χ1n) is 6.68. The SMILES string of the molecule is O=C1CCCN1Cc1nnc(SCc2ccc(Br)cc2)o1. The van der Waals surface area contributed by atoms with Crippen molar-refractivity contribution in [3.05, 3.63) is 40.2 Å². The van der Waals surface area contributed by atoms with Gasteiger partial charge in [-0.3, -0.25) is 4.79 Å². The Hall–Kier alpha value is -1.34. The molecule has 2 aromatic rings. The van der Waals surface area contributed by atoms with Crippen molar-refractivity contribution in [2.75, 3.05) is 6.54 Å². The Balaban J connectivity index is 1.55. The van der Waals surface area contributed by atoms with Gasteiger partial charge < -0.3 is 9.32 Å². The molecule has 110 valence electrons. The number of aromatic nitrogens is 2. The van der Waals surface area contributed by atoms with E-state index < -0.39 is 0 Å². The van der Waals surface area contributed by atoms with Crippen LogP contribution in [-0.2, 0) is 17.1 Å². The molecule has 21 heavy (non-hydrogen) atoms. The van der Waals surface area contributed by atoms with Crippen LogP contribution in [0.4, 0.5) is 0 Å². The molecule has 1 aliphatic heterocycles. The van der Waals surface area contributed by atoms with Crippen LogP contribution in [0.5, 0.6) is 0 Å². The minimum absolute atomic E-state index is 0.164. The number of carbonyl (C=O) groups is 1. The van der Waals surface area contributed by atoms with Crippen LogP contribution in [0.15, 0.2) is 38.4 Å². The highest BCUT2D eigenvalue weighted by Gasteiger charge is 2.22. The van der Waals surface area contributed by atoms with Gasteiger partial charge in [0.05, 0.1) is 6.54 Å². The summed E-state index contributed by atoms with van der Waals surface area (Å²) in [7, 11) is 0. The second kappa shape index (κ2) is 6.62. The summed E-state index contributed by atoms with van der Waals surface area (Å²) < 4.78 is 6.64. The molecule has 0 atom stereocenters. The Kier molecular flexibility index (Phi) is 4.60. The number of benzene rings is 1. The van der Waals surface area contributed by atoms with E-state index in [2.05, 4.69) is 38.3 Å². The lowest BCUT2D eigenvalue weighted by Gasteiger charge is -2.11. The van der Waals surface area contributed by atoms with Crippen molar-refractivity contribution >= 4 is 33.6 Å². The first kappa shape index (κ1) is 14.6. The maximum Gasteiger partial charge on any atom is 0.276 e. The fraction of sp³-hybridized carbons (Fsp3) is 0.357. The zero-order chi connectivity index (χ0) is 14.7. The lowest BCUT2D eigenvalue weighted by atomic mass is 10.2. The van der Waals surface area contributed by atoms with Crippen LogP contribution in [0.3, 0.4) is 0 Å². The Morgan fingerprint density at radius 1 is 1.29 bits per heavy atom. The maximum atomic E-state index is 11.6. The zero-order valence-corrected chi connectivity index (χ0v) is 13.7. The Labute approximate surface area is 135 Å². The summed E-state index contributed by atoms with van der Waals surface area (Å²) in [6.07, 6.45) is 1.54. The highest BCUT2D eigenvalue weighted by atomic mass is 79.9. The lowest BCUT2D eigenvalue weighted by Crippen LogP contribution is -2.23. The number of nitrogens with zero attached hydrogens (tertiary/aromatic N) is 3. The van der Waals surface area contributed by atoms with Gasteiger partial charge in [-0.1, -0.05) is 39.8 Å². The second-order valence-electron chi connectivity index (χ2n) is 4.80. The predicted molar refractivity (Wildman–Crippen MR) is 82.7 cm³/mol. The quantitative estimate of drug-likeness (QED) is 0.759. The summed E-state index contributed by atoms with van der Waals surface area (Å²) >= 11 is 4.91. The summed E-state index contributed by atoms with van der Waals surface area (Å²) in [4.78, 5) is 13.3. The fourth-order valence-corrected chi connectivity index (χ4v) is 3.12. The van der Waals surface area contributed by atoms with Crippen molar-refractivity contribution in [1.82, 2.24) is 15.1 Å². The van der Waals surface area contributed by atoms with Gasteiger partial charge in [-0.25, -0.2) is 0 Å². The number of hydrogen-bond acceptors (Lipinski definition) is 5. The van der Waals surface area contributed by atoms with Gasteiger partial charge in [0.1, 0.15) is 0 Å². The maximum absolute atomic E-state index is 11.6. The number of halogens is 1. The summed E-state index contributed by atoms with van der Waals surface area (Å²) in [6, 6.07) is 8.12. The summed E-state index contributed by atoms with van der Waals surface area (Å²) in [6.45, 7) is 1.20. The van der Waals surface area contributed by atoms with Gasteiger partial charge in [0.15, 0.2) is 0 Å². The van der Waals surface area contributed by atoms with Crippen molar-refractivity contribution in [1.29, 1.82) is 0 Å². The minimum atomic E-state index is 0.164. The summed E-state index contributed by atoms with van der Waals surface area (Å²) in [5.41, 5.74) is 1.19. The molecule has 5 nitrogen and oxygen atoms in total. The number of carbonyl (C=O) groups excluding carboxylic acids is 1. The average molecular weight is 368 g/mol. The van der Waals surface area contributed by atoms with E-state index in [1.165, 1.54) is 17.3 Å². The summed E-state index contributed by atoms with van der Waals surface area (Å²) in [5.74, 6) is 1.44. The predicted octanol–water partition coefficient (Wildman–Crippen LogP) is 3.25. The molecule has 0 spiro atoms. The van der Waals surface area contributed by atoms with Gasteiger partial charge in [0.25, 0.3) is 5.22 Å². The highest BCUT2D eigenvalue weighted by molar-refractivity contribution is 9.10. The van der Waals surface area contributed by atoms with Crippen LogP contribution in [0.1, 0.15) is 24.3 Å². The van der Waals surface area contributed by atoms with E-state index in [1.807, 2.05) is 12.1 Å². The van der Waals surface area contributed by atoms with E-state index in [1.54, 1.807) is 4.90 Å². The first-order chi connectivity index (χ1) is 10.2. The second-order valence-corrected chi connectivity index (χ2v) is 6.64. The topological polar surface area (TPSA) is 59.2 Å². The molecule has 7 heteroatoms. The van der Waals surface area contributed by atoms with E-state index in [0.717, 1.165) is 23.2 Å². The van der Waals surface area contributed by atoms with Gasteiger partial charge in [-0.15, -0.1) is 10.2 Å². The van der Waals surface area contributed by atoms with Crippen molar-refractivity contribution in [3.8, 4) is 0 Å². The molecule has 0 bridgehead atoms. The zero-order valence-electron chi connectivity index (χ0n) is 11.3. The van der Waals surface area contributed by atoms with Crippen molar-refractivity contribution in [3.63, 3.8) is 0 Å². The van der Waals surface area contributed by atoms with Crippen LogP contribution in [0.25, 0.3) is 0 Å². The largest absolute Gasteiger partial charge is 0.414 e. The molecule has 1 aromatic heterocycles. The molecule has 0 N–H and O–H groups in total. The number of hydrogen-bond donors (Lipinski definition) is 0. The molecule has 0 unspecified atom stereocenters. The van der Waals surface area contributed by atoms with E-state index >= 15 is 0 Å². The van der Waals surface area contributed by atoms with Crippen LogP contribution in [-0.4, -0.2) is 27.5 Å². The lowest BCUT2D eigenvalue weighted by molar-refractivity contribution is -0.128. The van der Waals surface area contributed by atoms with Crippen molar-refractivity contribution < 1.29 is 9.21 Å². The third-order valence-corrected chi connectivity index (χ3v) is 4.64. The molecule has 1 aliphatic rings. The van der Waals surface area contributed by atoms with Gasteiger partial charge in [-0.2, -0.15) is 0 Å². The third-order valence-electron chi connectivity index (χ3n) is 3.22. The molecule has 1 saturated heterocycles. The normalized spacial score (nSPS) is 14.9. The first-order valence-corrected chi connectivity index (χ1v) is 8.46. The molecule has 1 amide bonds. The molecule has 3 rings (SSSR count). The minimum Gasteiger partial charge on any atom is -0.414 e. The van der Waals surface area contributed by atoms with E-state index in [0.29, 0.717) is 24.1 Å². The molecular formula is C14H14BrN3O2S. The Bertz CT molecular complexity index is 629. The van der Waals surface area contributed by atoms with Crippen LogP contribution < -0.4 is 0 Å². The molecule has 1 aromatic carbocycles. The molecule has 1 fully saturated rings. The Morgan fingerprint density at radius 2 is 2.10 bits per heavy atom. The fourth-order valence-electron chi connectivity index (χ4n) is 2.12. The number of rotatable bonds is 5. The molecule has 0 aliphatic carbocycles. The smallest absolute Gasteiger partial charge is 0.276 e. The number of likely N-dealkylation sites (tertiary alicyclic amines) is 1. The standard InChI is InChI=1S/C14H14BrN3O2S/c15-11-5-3-10(4-6-11)9-21-14-17-16-12(20-14)8-18-7-1-2-13(18)19/h3-6H,1-2,7-9H2. The van der Waals surface area contributed by atoms with Crippen LogP contribution >= 0.6 is 27.7 Å². The molecule has 0 radical (unpaired) electrons. The van der Waals surface area contributed by atoms with Crippen molar-refractivity contribution in [2.45, 2.75) is 30.4 Å². The van der Waals surface area contributed by atoms with Crippen LogP contribution in [0.2, 0.25) is 0 Å². The summed E-state index contributed by atoms with van der Waals surface area (Å²) in [5, 5.41) is 8.56. The molecular weight excluding hydrogens is 354 g/mol. The number of amides is 1.